The van der Waals surface area contributed by atoms with Crippen molar-refractivity contribution in [3.05, 3.63) is 76.4 Å². The van der Waals surface area contributed by atoms with Gasteiger partial charge in [0.2, 0.25) is 0 Å². The van der Waals surface area contributed by atoms with Crippen molar-refractivity contribution in [3.63, 3.8) is 0 Å². The third kappa shape index (κ3) is 1.42. The molecule has 0 atom stereocenters. The Morgan fingerprint density at radius 1 is 0.783 bits per heavy atom. The summed E-state index contributed by atoms with van der Waals surface area (Å²) in [5.41, 5.74) is 9.35. The molecule has 0 aromatic heterocycles. The van der Waals surface area contributed by atoms with Gasteiger partial charge in [-0.15, -0.1) is 0 Å². The van der Waals surface area contributed by atoms with Crippen LogP contribution in [0.3, 0.4) is 0 Å². The van der Waals surface area contributed by atoms with Gasteiger partial charge in [0.1, 0.15) is 0 Å². The number of benzene rings is 3. The molecule has 110 valence electrons. The number of allylic oxidation sites excluding steroid dienone is 4. The molecule has 0 N–H and O–H groups in total. The summed E-state index contributed by atoms with van der Waals surface area (Å²) >= 11 is 0. The fourth-order valence-electron chi connectivity index (χ4n) is 5.14. The second-order valence-corrected chi connectivity index (χ2v) is 7.19. The van der Waals surface area contributed by atoms with Crippen molar-refractivity contribution in [2.45, 2.75) is 32.1 Å². The van der Waals surface area contributed by atoms with Crippen LogP contribution >= 0.6 is 0 Å². The van der Waals surface area contributed by atoms with Gasteiger partial charge < -0.3 is 0 Å². The molecule has 0 amide bonds. The Kier molecular flexibility index (Phi) is 2.18. The van der Waals surface area contributed by atoms with E-state index in [9.17, 15) is 0 Å². The van der Waals surface area contributed by atoms with Crippen LogP contribution in [0.1, 0.15) is 35.1 Å². The van der Waals surface area contributed by atoms with E-state index in [1.165, 1.54) is 46.7 Å². The van der Waals surface area contributed by atoms with Crippen molar-refractivity contribution in [2.75, 3.05) is 0 Å². The van der Waals surface area contributed by atoms with Crippen molar-refractivity contribution in [1.82, 2.24) is 0 Å². The van der Waals surface area contributed by atoms with E-state index in [0.717, 1.165) is 12.8 Å². The number of aryl methyl sites for hydroxylation is 2. The molecule has 0 bridgehead atoms. The summed E-state index contributed by atoms with van der Waals surface area (Å²) in [5.74, 6) is 0. The maximum Gasteiger partial charge on any atom is -0.00240 e. The quantitative estimate of drug-likeness (QED) is 0.463. The zero-order valence-corrected chi connectivity index (χ0v) is 13.2. The molecular formula is C23H18. The lowest BCUT2D eigenvalue weighted by Gasteiger charge is -2.27. The van der Waals surface area contributed by atoms with Crippen molar-refractivity contribution in [3.8, 4) is 0 Å². The van der Waals surface area contributed by atoms with Gasteiger partial charge >= 0.3 is 0 Å². The smallest absolute Gasteiger partial charge is 0.00240 e. The van der Waals surface area contributed by atoms with Crippen LogP contribution in [-0.4, -0.2) is 0 Å². The van der Waals surface area contributed by atoms with Gasteiger partial charge in [-0.2, -0.15) is 0 Å². The number of rotatable bonds is 0. The normalized spacial score (nSPS) is 18.1. The number of hydrogen-bond donors (Lipinski definition) is 0. The number of hydrogen-bond acceptors (Lipinski definition) is 0. The van der Waals surface area contributed by atoms with Gasteiger partial charge in [-0.25, -0.2) is 0 Å². The molecule has 0 unspecified atom stereocenters. The average Bonchev–Trinajstić information content (AvgIpc) is 3.06. The highest BCUT2D eigenvalue weighted by molar-refractivity contribution is 6.16. The zero-order chi connectivity index (χ0) is 15.0. The molecule has 0 heterocycles. The molecule has 0 heteroatoms. The van der Waals surface area contributed by atoms with Gasteiger partial charge in [0.15, 0.2) is 0 Å². The topological polar surface area (TPSA) is 0 Å². The van der Waals surface area contributed by atoms with Gasteiger partial charge in [-0.3, -0.25) is 0 Å². The van der Waals surface area contributed by atoms with E-state index in [-0.39, 0.29) is 0 Å². The molecule has 0 saturated carbocycles. The minimum absolute atomic E-state index is 1.13. The zero-order valence-electron chi connectivity index (χ0n) is 13.2. The molecule has 0 aliphatic heterocycles. The molecule has 6 rings (SSSR count). The van der Waals surface area contributed by atoms with Gasteiger partial charge in [0, 0.05) is 0 Å². The molecule has 3 aromatic rings. The standard InChI is InChI=1S/C23H18/c1-5-14-6-2-12-20-21(14)18(10-1)19-11-4-8-16-13-15-7-3-9-17(15)23(20)22(16)19/h2-4,6,8-9,11-12H,1,5,7,10,13H2. The summed E-state index contributed by atoms with van der Waals surface area (Å²) in [7, 11) is 0. The first-order valence-electron chi connectivity index (χ1n) is 8.79. The van der Waals surface area contributed by atoms with Crippen LogP contribution in [0, 0.1) is 0 Å². The first-order chi connectivity index (χ1) is 11.4. The molecule has 3 aromatic carbocycles. The van der Waals surface area contributed by atoms with Crippen molar-refractivity contribution in [2.24, 2.45) is 0 Å². The first-order valence-corrected chi connectivity index (χ1v) is 8.79. The second-order valence-electron chi connectivity index (χ2n) is 7.19. The average molecular weight is 294 g/mol. The monoisotopic (exact) mass is 294 g/mol. The first kappa shape index (κ1) is 12.1. The van der Waals surface area contributed by atoms with E-state index >= 15 is 0 Å². The molecule has 23 heavy (non-hydrogen) atoms. The van der Waals surface area contributed by atoms with Crippen LogP contribution < -0.4 is 0 Å². The highest BCUT2D eigenvalue weighted by Gasteiger charge is 2.27. The predicted octanol–water partition coefficient (Wildman–Crippen LogP) is 5.75. The maximum absolute atomic E-state index is 2.37. The van der Waals surface area contributed by atoms with Crippen LogP contribution in [0.5, 0.6) is 0 Å². The summed E-state index contributed by atoms with van der Waals surface area (Å²) in [5, 5.41) is 6.12. The number of fused-ring (bicyclic) bond motifs is 3. The maximum atomic E-state index is 2.37. The minimum Gasteiger partial charge on any atom is -0.0798 e. The van der Waals surface area contributed by atoms with Crippen LogP contribution in [0.2, 0.25) is 0 Å². The fraction of sp³-hybridized carbons (Fsp3) is 0.217. The van der Waals surface area contributed by atoms with E-state index in [1.54, 1.807) is 27.5 Å². The van der Waals surface area contributed by atoms with E-state index in [1.807, 2.05) is 0 Å². The SMILES string of the molecule is C1=CC2=C(C1)Cc1cccc3c4c5c(cccc5c2c13)CCC4. The Hall–Kier alpha value is -2.34. The summed E-state index contributed by atoms with van der Waals surface area (Å²) < 4.78 is 0. The van der Waals surface area contributed by atoms with Crippen molar-refractivity contribution in [1.29, 1.82) is 0 Å². The molecule has 0 radical (unpaired) electrons. The summed E-state index contributed by atoms with van der Waals surface area (Å²) in [6.45, 7) is 0. The lowest BCUT2D eigenvalue weighted by molar-refractivity contribution is 0.812. The fourth-order valence-corrected chi connectivity index (χ4v) is 5.14. The Morgan fingerprint density at radius 2 is 1.65 bits per heavy atom. The summed E-state index contributed by atoms with van der Waals surface area (Å²) in [6.07, 6.45) is 10.7. The van der Waals surface area contributed by atoms with E-state index in [2.05, 4.69) is 48.6 Å². The predicted molar refractivity (Wildman–Crippen MR) is 97.9 cm³/mol. The Morgan fingerprint density at radius 3 is 2.61 bits per heavy atom. The third-order valence-corrected chi connectivity index (χ3v) is 6.02. The lowest BCUT2D eigenvalue weighted by Crippen LogP contribution is -2.08. The second kappa shape index (κ2) is 4.14. The van der Waals surface area contributed by atoms with Crippen molar-refractivity contribution < 1.29 is 0 Å². The van der Waals surface area contributed by atoms with E-state index < -0.39 is 0 Å². The summed E-state index contributed by atoms with van der Waals surface area (Å²) in [4.78, 5) is 0. The van der Waals surface area contributed by atoms with Crippen LogP contribution in [0.15, 0.2) is 54.1 Å². The molecular weight excluding hydrogens is 276 g/mol. The Bertz CT molecular complexity index is 1080. The summed E-state index contributed by atoms with van der Waals surface area (Å²) in [6, 6.07) is 14.0. The van der Waals surface area contributed by atoms with Gasteiger partial charge in [-0.05, 0) is 81.5 Å². The molecule has 0 nitrogen and oxygen atoms in total. The molecule has 0 spiro atoms. The lowest BCUT2D eigenvalue weighted by atomic mass is 9.77. The molecule has 0 saturated heterocycles. The Balaban J connectivity index is 1.94. The largest absolute Gasteiger partial charge is 0.0798 e. The van der Waals surface area contributed by atoms with Crippen LogP contribution in [-0.2, 0) is 19.3 Å². The van der Waals surface area contributed by atoms with E-state index in [0.29, 0.717) is 0 Å². The third-order valence-electron chi connectivity index (χ3n) is 6.02. The van der Waals surface area contributed by atoms with Gasteiger partial charge in [0.05, 0.1) is 0 Å². The van der Waals surface area contributed by atoms with Crippen molar-refractivity contribution >= 4 is 27.1 Å². The van der Waals surface area contributed by atoms with Gasteiger partial charge in [-0.1, -0.05) is 54.1 Å². The molecule has 3 aliphatic carbocycles. The van der Waals surface area contributed by atoms with Crippen LogP contribution in [0.25, 0.3) is 27.1 Å². The highest BCUT2D eigenvalue weighted by Crippen LogP contribution is 2.47. The highest BCUT2D eigenvalue weighted by atomic mass is 14.3. The van der Waals surface area contributed by atoms with Crippen LogP contribution in [0.4, 0.5) is 0 Å². The Labute approximate surface area is 136 Å². The molecule has 0 fully saturated rings. The van der Waals surface area contributed by atoms with E-state index in [4.69, 9.17) is 0 Å². The minimum atomic E-state index is 1.13. The molecule has 3 aliphatic rings. The van der Waals surface area contributed by atoms with Gasteiger partial charge in [0.25, 0.3) is 0 Å².